The van der Waals surface area contributed by atoms with Gasteiger partial charge in [-0.15, -0.1) is 0 Å². The van der Waals surface area contributed by atoms with Crippen molar-refractivity contribution >= 4 is 32.3 Å². The molecule has 0 unspecified atom stereocenters. The monoisotopic (exact) mass is 473 g/mol. The summed E-state index contributed by atoms with van der Waals surface area (Å²) in [7, 11) is -2.43. The summed E-state index contributed by atoms with van der Waals surface area (Å²) in [5.74, 6) is 5.26. The van der Waals surface area contributed by atoms with Crippen LogP contribution in [0.4, 0.5) is 10.1 Å². The zero-order chi connectivity index (χ0) is 24.3. The van der Waals surface area contributed by atoms with Gasteiger partial charge in [-0.25, -0.2) is 12.8 Å². The molecule has 0 aliphatic heterocycles. The lowest BCUT2D eigenvalue weighted by atomic mass is 10.1. The highest BCUT2D eigenvalue weighted by atomic mass is 32.2. The van der Waals surface area contributed by atoms with Gasteiger partial charge in [-0.3, -0.25) is 9.52 Å². The van der Waals surface area contributed by atoms with Crippen LogP contribution < -0.4 is 9.46 Å². The molecule has 34 heavy (non-hydrogen) atoms. The highest BCUT2D eigenvalue weighted by Gasteiger charge is 2.20. The molecule has 0 amide bonds. The molecule has 0 spiro atoms. The van der Waals surface area contributed by atoms with E-state index in [0.29, 0.717) is 27.6 Å². The number of hydrogen-bond acceptors (Lipinski definition) is 4. The lowest BCUT2D eigenvalue weighted by Crippen LogP contribution is -2.14. The van der Waals surface area contributed by atoms with Gasteiger partial charge in [0.05, 0.1) is 23.3 Å². The third-order valence-corrected chi connectivity index (χ3v) is 6.64. The zero-order valence-electron chi connectivity index (χ0n) is 18.4. The van der Waals surface area contributed by atoms with Crippen molar-refractivity contribution in [2.75, 3.05) is 11.8 Å². The topological polar surface area (TPSA) is 72.5 Å². The number of fused-ring (bicyclic) bond motifs is 1. The van der Waals surface area contributed by atoms with E-state index in [1.807, 2.05) is 6.07 Å². The Kier molecular flexibility index (Phi) is 6.35. The second-order valence-corrected chi connectivity index (χ2v) is 9.11. The van der Waals surface area contributed by atoms with E-state index in [9.17, 15) is 17.6 Å². The van der Waals surface area contributed by atoms with Crippen LogP contribution in [0.25, 0.3) is 10.8 Å². The smallest absolute Gasteiger partial charge is 0.262 e. The molecular weight excluding hydrogens is 453 g/mol. The Morgan fingerprint density at radius 1 is 0.912 bits per heavy atom. The summed E-state index contributed by atoms with van der Waals surface area (Å²) in [6, 6.07) is 21.0. The first-order chi connectivity index (χ1) is 16.3. The predicted molar refractivity (Wildman–Crippen MR) is 130 cm³/mol. The van der Waals surface area contributed by atoms with E-state index >= 15 is 0 Å². The third-order valence-electron chi connectivity index (χ3n) is 5.21. The van der Waals surface area contributed by atoms with E-state index < -0.39 is 15.8 Å². The maximum atomic E-state index is 14.1. The second kappa shape index (κ2) is 9.38. The molecule has 4 aromatic carbocycles. The summed E-state index contributed by atoms with van der Waals surface area (Å²) in [6.45, 7) is 1.29. The quantitative estimate of drug-likeness (QED) is 0.312. The molecule has 0 aliphatic rings. The zero-order valence-corrected chi connectivity index (χ0v) is 19.2. The number of hydrogen-bond donors (Lipinski definition) is 1. The summed E-state index contributed by atoms with van der Waals surface area (Å²) in [6.07, 6.45) is 0. The maximum absolute atomic E-state index is 14.1. The molecule has 5 nitrogen and oxygen atoms in total. The van der Waals surface area contributed by atoms with Crippen molar-refractivity contribution in [2.24, 2.45) is 0 Å². The van der Waals surface area contributed by atoms with Gasteiger partial charge in [-0.1, -0.05) is 48.2 Å². The number of rotatable bonds is 5. The Balaban J connectivity index is 1.70. The number of ketones is 1. The standard InChI is InChI=1S/C27H20FNO4S/c1-18(30)21-14-12-19(17-24(21)28)11-13-20-7-3-6-10-25(20)29-34(31,32)27-16-15-26(33-2)22-8-4-5-9-23(22)27/h3-10,12,14-17,29H,1-2H3. The fourth-order valence-electron chi connectivity index (χ4n) is 3.55. The summed E-state index contributed by atoms with van der Waals surface area (Å²) in [5, 5.41) is 1.20. The van der Waals surface area contributed by atoms with Crippen LogP contribution in [0.1, 0.15) is 28.4 Å². The van der Waals surface area contributed by atoms with E-state index in [0.717, 1.165) is 0 Å². The molecule has 0 saturated carbocycles. The first-order valence-electron chi connectivity index (χ1n) is 10.3. The third kappa shape index (κ3) is 4.63. The minimum Gasteiger partial charge on any atom is -0.496 e. The number of carbonyl (C=O) groups excluding carboxylic acids is 1. The molecule has 0 aliphatic carbocycles. The van der Waals surface area contributed by atoms with Gasteiger partial charge in [-0.2, -0.15) is 0 Å². The molecule has 0 saturated heterocycles. The molecule has 4 aromatic rings. The molecule has 0 heterocycles. The average Bonchev–Trinajstić information content (AvgIpc) is 2.82. The predicted octanol–water partition coefficient (Wildman–Crippen LogP) is 5.39. The van der Waals surface area contributed by atoms with Crippen molar-refractivity contribution in [3.63, 3.8) is 0 Å². The maximum Gasteiger partial charge on any atom is 0.262 e. The Bertz CT molecular complexity index is 1580. The molecule has 0 atom stereocenters. The Labute approximate surface area is 197 Å². The molecule has 0 bridgehead atoms. The fourth-order valence-corrected chi connectivity index (χ4v) is 4.85. The van der Waals surface area contributed by atoms with E-state index in [-0.39, 0.29) is 21.9 Å². The van der Waals surface area contributed by atoms with Crippen molar-refractivity contribution in [1.29, 1.82) is 0 Å². The average molecular weight is 474 g/mol. The number of sulfonamides is 1. The van der Waals surface area contributed by atoms with Gasteiger partial charge in [0.1, 0.15) is 11.6 Å². The molecule has 0 aromatic heterocycles. The van der Waals surface area contributed by atoms with Gasteiger partial charge in [0.15, 0.2) is 5.78 Å². The molecule has 7 heteroatoms. The summed E-state index contributed by atoms with van der Waals surface area (Å²) in [4.78, 5) is 11.5. The Morgan fingerprint density at radius 2 is 1.62 bits per heavy atom. The highest BCUT2D eigenvalue weighted by molar-refractivity contribution is 7.93. The second-order valence-electron chi connectivity index (χ2n) is 7.46. The lowest BCUT2D eigenvalue weighted by Gasteiger charge is -2.13. The number of ether oxygens (including phenoxy) is 1. The van der Waals surface area contributed by atoms with Crippen molar-refractivity contribution < 1.29 is 22.3 Å². The number of halogens is 1. The largest absolute Gasteiger partial charge is 0.496 e. The summed E-state index contributed by atoms with van der Waals surface area (Å²) in [5.41, 5.74) is 1.06. The molecule has 170 valence electrons. The number of Topliss-reactive ketones (excluding diaryl/α,β-unsaturated/α-hetero) is 1. The Morgan fingerprint density at radius 3 is 2.32 bits per heavy atom. The van der Waals surface area contributed by atoms with E-state index in [4.69, 9.17) is 4.74 Å². The highest BCUT2D eigenvalue weighted by Crippen LogP contribution is 2.32. The molecule has 4 rings (SSSR count). The fraction of sp³-hybridized carbons (Fsp3) is 0.0741. The molecule has 0 fully saturated rings. The number of para-hydroxylation sites is 1. The van der Waals surface area contributed by atoms with Crippen molar-refractivity contribution in [3.05, 3.63) is 101 Å². The number of methoxy groups -OCH3 is 1. The number of nitrogens with one attached hydrogen (secondary N) is 1. The van der Waals surface area contributed by atoms with Gasteiger partial charge < -0.3 is 4.74 Å². The normalized spacial score (nSPS) is 10.9. The van der Waals surface area contributed by atoms with E-state index in [1.165, 1.54) is 32.2 Å². The summed E-state index contributed by atoms with van der Waals surface area (Å²) < 4.78 is 48.7. The van der Waals surface area contributed by atoms with E-state index in [1.54, 1.807) is 54.6 Å². The van der Waals surface area contributed by atoms with Crippen LogP contribution in [-0.4, -0.2) is 21.3 Å². The van der Waals surface area contributed by atoms with Crippen LogP contribution in [0.5, 0.6) is 5.75 Å². The van der Waals surface area contributed by atoms with Crippen LogP contribution in [0.3, 0.4) is 0 Å². The lowest BCUT2D eigenvalue weighted by molar-refractivity contribution is 0.101. The van der Waals surface area contributed by atoms with Gasteiger partial charge in [0.25, 0.3) is 10.0 Å². The number of anilines is 1. The summed E-state index contributed by atoms with van der Waals surface area (Å²) >= 11 is 0. The van der Waals surface area contributed by atoms with Gasteiger partial charge in [0, 0.05) is 21.9 Å². The Hall–Kier alpha value is -4.15. The van der Waals surface area contributed by atoms with Crippen molar-refractivity contribution in [3.8, 4) is 17.6 Å². The SMILES string of the molecule is COc1ccc(S(=O)(=O)Nc2ccccc2C#Cc2ccc(C(C)=O)c(F)c2)c2ccccc12. The van der Waals surface area contributed by atoms with Gasteiger partial charge in [0.2, 0.25) is 0 Å². The van der Waals surface area contributed by atoms with Crippen LogP contribution in [0, 0.1) is 17.7 Å². The van der Waals surface area contributed by atoms with Crippen LogP contribution in [0.15, 0.2) is 83.8 Å². The molecular formula is C27H20FNO4S. The first kappa shape index (κ1) is 23.0. The van der Waals surface area contributed by atoms with Gasteiger partial charge >= 0.3 is 0 Å². The van der Waals surface area contributed by atoms with Crippen LogP contribution in [0.2, 0.25) is 0 Å². The minimum absolute atomic E-state index is 0.00886. The molecule has 1 N–H and O–H groups in total. The molecule has 0 radical (unpaired) electrons. The number of benzene rings is 4. The van der Waals surface area contributed by atoms with Gasteiger partial charge in [-0.05, 0) is 49.4 Å². The van der Waals surface area contributed by atoms with Crippen LogP contribution in [-0.2, 0) is 10.0 Å². The number of carbonyl (C=O) groups is 1. The van der Waals surface area contributed by atoms with Crippen molar-refractivity contribution in [1.82, 2.24) is 0 Å². The van der Waals surface area contributed by atoms with Crippen molar-refractivity contribution in [2.45, 2.75) is 11.8 Å². The van der Waals surface area contributed by atoms with E-state index in [2.05, 4.69) is 16.6 Å². The minimum atomic E-state index is -3.96. The first-order valence-corrected chi connectivity index (χ1v) is 11.8. The van der Waals surface area contributed by atoms with Crippen LogP contribution >= 0.6 is 0 Å².